The van der Waals surface area contributed by atoms with Gasteiger partial charge in [-0.1, -0.05) is 0 Å². The van der Waals surface area contributed by atoms with Crippen molar-refractivity contribution in [3.63, 3.8) is 0 Å². The molecule has 0 aliphatic heterocycles. The number of phenolic OH excluding ortho intramolecular Hbond substituents is 4. The molecule has 8 aromatic rings. The first kappa shape index (κ1) is 61.2. The van der Waals surface area contributed by atoms with E-state index in [2.05, 4.69) is 61.0 Å². The van der Waals surface area contributed by atoms with Crippen LogP contribution in [0.5, 0.6) is 23.0 Å². The Labute approximate surface area is 476 Å². The summed E-state index contributed by atoms with van der Waals surface area (Å²) in [6.45, 7) is 0. The first-order valence-corrected chi connectivity index (χ1v) is 26.7. The second kappa shape index (κ2) is 23.0. The van der Waals surface area contributed by atoms with E-state index in [-0.39, 0.29) is 35.8 Å². The number of halogens is 2. The molecule has 36 nitrogen and oxygen atoms in total. The van der Waals surface area contributed by atoms with E-state index < -0.39 is 182 Å². The first-order valence-electron chi connectivity index (χ1n) is 20.3. The number of nitrogens with two attached hydrogens (primary N) is 2. The predicted molar refractivity (Wildman–Crippen MR) is 272 cm³/mol. The Morgan fingerprint density at radius 1 is 0.506 bits per heavy atom. The molecule has 0 saturated heterocycles. The second-order valence-corrected chi connectivity index (χ2v) is 21.3. The van der Waals surface area contributed by atoms with Crippen molar-refractivity contribution in [1.82, 2.24) is 29.9 Å². The van der Waals surface area contributed by atoms with Crippen molar-refractivity contribution in [3.8, 4) is 23.0 Å². The summed E-state index contributed by atoms with van der Waals surface area (Å²) < 4.78 is 143. The standard InChI is InChI=1S/2C19H13ClN8O10S2.Co/c2*20-17-23-18(21)25-19(24-17)22-11-6-9(39(33,34)35)3-7-4-13(40(36,37)38)15(16(30)14(7)11)27-26-10-5-8(28(31)32)1-2-12(10)29;/h2*1-6,29-30H,(H,33,34,35)(H,36,37,38)(H3,21,22,23,24,25);/p+1. The summed E-state index contributed by atoms with van der Waals surface area (Å²) in [5.41, 5.74) is 6.05. The van der Waals surface area contributed by atoms with Crippen LogP contribution in [-0.2, 0) is 57.3 Å². The fourth-order valence-electron chi connectivity index (χ4n) is 6.68. The Morgan fingerprint density at radius 3 is 1.15 bits per heavy atom. The van der Waals surface area contributed by atoms with Gasteiger partial charge in [0.15, 0.2) is 11.5 Å². The van der Waals surface area contributed by atoms with Crippen LogP contribution in [0, 0.1) is 20.2 Å². The number of phenols is 4. The zero-order valence-corrected chi connectivity index (χ0v) is 44.3. The molecule has 2 aromatic heterocycles. The van der Waals surface area contributed by atoms with E-state index in [9.17, 15) is 92.5 Å². The summed E-state index contributed by atoms with van der Waals surface area (Å²) in [5, 5.41) is 80.6. The number of nitro benzene ring substituents is 2. The number of nitrogen functional groups attached to an aromatic ring is 2. The number of nitro groups is 2. The fraction of sp³-hybridized carbons (Fsp3) is 0. The molecule has 0 spiro atoms. The molecule has 0 saturated carbocycles. The number of rotatable bonds is 14. The zero-order valence-electron chi connectivity index (χ0n) is 43.5. The first-order chi connectivity index (χ1) is 37.1. The summed E-state index contributed by atoms with van der Waals surface area (Å²) >= 11 is 11.5. The number of aromatic hydroxyl groups is 4. The third kappa shape index (κ3) is 14.1. The molecule has 425 valence electrons. The number of non-ortho nitro benzene ring substituents is 2. The van der Waals surface area contributed by atoms with Crippen LogP contribution in [0.1, 0.15) is 7.13 Å². The van der Waals surface area contributed by atoms with E-state index in [1.165, 1.54) is 0 Å². The number of hydrogen-bond donors (Lipinski definition) is 8. The van der Waals surface area contributed by atoms with E-state index in [1.807, 2.05) is 0 Å². The SMILES string of the molecule is Nc1nc(Cl)nc(Nc2cc(S(=O)(=O)[O-])cc3cc(S(=O)(=O)[O-])c(N=Nc4cc([N+](=O)[O-])ccc4O)c(O)c23)n1.Nc1nc(Cl)nc(Nc2cc(S(=O)(=O)[O-])cc3cc(S(=O)(=O)[O-])c(N=Nc4cc([N+](=O)[O-])ccc4O)c(O)c23)n1.[Co].[H+].[H+].[H+].[H+].[H+]. The summed E-state index contributed by atoms with van der Waals surface area (Å²) in [5.74, 6) is -4.97. The normalized spacial score (nSPS) is 12.0. The maximum Gasteiger partial charge on any atom is 1.00 e. The van der Waals surface area contributed by atoms with E-state index in [1.54, 1.807) is 0 Å². The molecular formula is C38H27Cl2CoN16O20S4+. The fourth-order valence-corrected chi connectivity index (χ4v) is 9.37. The van der Waals surface area contributed by atoms with Gasteiger partial charge < -0.3 is 60.7 Å². The molecule has 0 aliphatic carbocycles. The minimum absolute atomic E-state index is 0. The molecule has 1 radical (unpaired) electrons. The summed E-state index contributed by atoms with van der Waals surface area (Å²) in [4.78, 5) is 38.1. The smallest absolute Gasteiger partial charge is 0.744 e. The molecule has 10 N–H and O–H groups in total. The number of benzene rings is 6. The molecule has 6 aromatic carbocycles. The van der Waals surface area contributed by atoms with Crippen LogP contribution >= 0.6 is 23.2 Å². The Balaban J connectivity index is 0.000000804. The van der Waals surface area contributed by atoms with Gasteiger partial charge in [0.25, 0.3) is 11.4 Å². The zero-order chi connectivity index (χ0) is 59.1. The number of azo groups is 2. The topological polar surface area (TPSA) is 599 Å². The van der Waals surface area contributed by atoms with Gasteiger partial charge in [0, 0.05) is 51.8 Å². The van der Waals surface area contributed by atoms with E-state index >= 15 is 0 Å². The number of fused-ring (bicyclic) bond motifs is 2. The number of anilines is 6. The van der Waals surface area contributed by atoms with Gasteiger partial charge in [-0.2, -0.15) is 29.9 Å². The molecular weight excluding hydrogens is 1260 g/mol. The third-order valence-electron chi connectivity index (χ3n) is 9.96. The molecule has 0 fully saturated rings. The Morgan fingerprint density at radius 2 is 0.852 bits per heavy atom. The van der Waals surface area contributed by atoms with Crippen molar-refractivity contribution in [2.75, 3.05) is 22.1 Å². The monoisotopic (exact) mass is 1280 g/mol. The van der Waals surface area contributed by atoms with Gasteiger partial charge in [-0.05, 0) is 82.5 Å². The van der Waals surface area contributed by atoms with Crippen LogP contribution in [-0.4, -0.2) is 112 Å². The molecule has 0 atom stereocenters. The number of nitrogens with one attached hydrogen (secondary N) is 2. The molecule has 8 rings (SSSR count). The van der Waals surface area contributed by atoms with Crippen LogP contribution < -0.4 is 22.1 Å². The molecule has 0 aliphatic rings. The van der Waals surface area contributed by atoms with Crippen LogP contribution in [0.25, 0.3) is 21.5 Å². The van der Waals surface area contributed by atoms with Gasteiger partial charge >= 0.3 is 7.13 Å². The van der Waals surface area contributed by atoms with Gasteiger partial charge in [-0.3, -0.25) is 20.2 Å². The number of nitrogens with zero attached hydrogens (tertiary/aromatic N) is 12. The average molecular weight is 1290 g/mol. The van der Waals surface area contributed by atoms with Crippen LogP contribution in [0.2, 0.25) is 10.6 Å². The van der Waals surface area contributed by atoms with E-state index in [0.717, 1.165) is 48.5 Å². The average Bonchev–Trinajstić information content (AvgIpc) is 1.25. The van der Waals surface area contributed by atoms with Gasteiger partial charge in [-0.25, -0.2) is 33.7 Å². The molecule has 43 heteroatoms. The summed E-state index contributed by atoms with van der Waals surface area (Å²) in [6, 6.07) is 9.26. The van der Waals surface area contributed by atoms with Crippen molar-refractivity contribution in [2.24, 2.45) is 20.5 Å². The summed E-state index contributed by atoms with van der Waals surface area (Å²) in [7, 11) is -21.3. The maximum absolute atomic E-state index is 12.0. The number of aromatic nitrogens is 6. The Bertz CT molecular complexity index is 4220. The molecule has 0 unspecified atom stereocenters. The minimum Gasteiger partial charge on any atom is -0.744 e. The van der Waals surface area contributed by atoms with E-state index in [4.69, 9.17) is 34.7 Å². The largest absolute Gasteiger partial charge is 1.00 e. The van der Waals surface area contributed by atoms with Crippen molar-refractivity contribution >= 4 is 155 Å². The van der Waals surface area contributed by atoms with Crippen molar-refractivity contribution in [3.05, 3.63) is 104 Å². The van der Waals surface area contributed by atoms with Crippen LogP contribution in [0.15, 0.2) is 113 Å². The molecule has 2 heterocycles. The second-order valence-electron chi connectivity index (χ2n) is 15.2. The molecule has 0 bridgehead atoms. The van der Waals surface area contributed by atoms with Crippen molar-refractivity contribution < 1.29 is 106 Å². The third-order valence-corrected chi connectivity index (χ3v) is 13.6. The minimum atomic E-state index is -5.46. The predicted octanol–water partition coefficient (Wildman–Crippen LogP) is 5.65. The van der Waals surface area contributed by atoms with Gasteiger partial charge in [0.05, 0.1) is 40.8 Å². The van der Waals surface area contributed by atoms with Crippen LogP contribution in [0.3, 0.4) is 0 Å². The van der Waals surface area contributed by atoms with Crippen molar-refractivity contribution in [2.45, 2.75) is 19.6 Å². The Hall–Kier alpha value is -9.01. The Kier molecular flexibility index (Phi) is 17.4. The number of hydrogen-bond acceptors (Lipinski definition) is 34. The quantitative estimate of drug-likeness (QED) is 0.0282. The van der Waals surface area contributed by atoms with Crippen molar-refractivity contribution in [1.29, 1.82) is 0 Å². The van der Waals surface area contributed by atoms with E-state index in [0.29, 0.717) is 24.3 Å². The van der Waals surface area contributed by atoms with Gasteiger partial charge in [-0.15, -0.1) is 20.5 Å². The van der Waals surface area contributed by atoms with Gasteiger partial charge in [0.1, 0.15) is 74.7 Å². The summed E-state index contributed by atoms with van der Waals surface area (Å²) in [6.07, 6.45) is 0. The van der Waals surface area contributed by atoms with Gasteiger partial charge in [0.2, 0.25) is 34.4 Å². The molecule has 81 heavy (non-hydrogen) atoms. The molecule has 0 amide bonds. The maximum atomic E-state index is 12.0. The van der Waals surface area contributed by atoms with Crippen LogP contribution in [0.4, 0.5) is 69.3 Å².